The van der Waals surface area contributed by atoms with Gasteiger partial charge in [-0.05, 0) is 51.5 Å². The van der Waals surface area contributed by atoms with E-state index in [1.807, 2.05) is 6.07 Å². The number of nitrogens with one attached hydrogen (secondary N) is 2. The van der Waals surface area contributed by atoms with E-state index in [9.17, 15) is 4.79 Å². The molecule has 0 aliphatic carbocycles. The molecule has 2 N–H and O–H groups in total. The molecule has 0 bridgehead atoms. The molecule has 6 nitrogen and oxygen atoms in total. The van der Waals surface area contributed by atoms with Gasteiger partial charge in [-0.15, -0.1) is 11.8 Å². The summed E-state index contributed by atoms with van der Waals surface area (Å²) in [7, 11) is 3.51. The molecule has 1 amide bonds. The van der Waals surface area contributed by atoms with E-state index in [-0.39, 0.29) is 12.5 Å². The van der Waals surface area contributed by atoms with Crippen LogP contribution in [0.2, 0.25) is 0 Å². The molecule has 29 heavy (non-hydrogen) atoms. The number of amides is 1. The Labute approximate surface area is 181 Å². The lowest BCUT2D eigenvalue weighted by Crippen LogP contribution is -2.44. The lowest BCUT2D eigenvalue weighted by molar-refractivity contribution is -0.127. The summed E-state index contributed by atoms with van der Waals surface area (Å²) in [4.78, 5) is 21.7. The molecule has 0 aliphatic heterocycles. The van der Waals surface area contributed by atoms with Gasteiger partial charge in [-0.2, -0.15) is 0 Å². The highest BCUT2D eigenvalue weighted by atomic mass is 32.2. The fraction of sp³-hybridized carbons (Fsp3) is 0.636. The van der Waals surface area contributed by atoms with Crippen LogP contribution in [0.1, 0.15) is 33.6 Å². The molecule has 1 unspecified atom stereocenters. The topological polar surface area (TPSA) is 60.0 Å². The fourth-order valence-corrected chi connectivity index (χ4v) is 3.55. The van der Waals surface area contributed by atoms with Gasteiger partial charge in [-0.1, -0.05) is 32.0 Å². The number of hydrogen-bond donors (Lipinski definition) is 2. The smallest absolute Gasteiger partial charge is 0.243 e. The Morgan fingerprint density at radius 2 is 1.86 bits per heavy atom. The Morgan fingerprint density at radius 1 is 1.17 bits per heavy atom. The molecule has 0 heterocycles. The molecule has 0 fully saturated rings. The number of carbonyl (C=O) groups is 1. The van der Waals surface area contributed by atoms with Gasteiger partial charge in [0.25, 0.3) is 0 Å². The first kappa shape index (κ1) is 25.3. The summed E-state index contributed by atoms with van der Waals surface area (Å²) in [5, 5.41) is 6.83. The van der Waals surface area contributed by atoms with Gasteiger partial charge in [0, 0.05) is 37.3 Å². The summed E-state index contributed by atoms with van der Waals surface area (Å²) < 4.78 is 0. The lowest BCUT2D eigenvalue weighted by atomic mass is 10.2. The van der Waals surface area contributed by atoms with Crippen LogP contribution in [0.4, 0.5) is 0 Å². The molecular formula is C22H39N5OS. The van der Waals surface area contributed by atoms with Crippen LogP contribution in [0.15, 0.2) is 40.2 Å². The SMILES string of the molecule is CCN(CC)CCCC(C)NC(=NCC(=O)N(C)C)NCCSc1ccccc1. The lowest BCUT2D eigenvalue weighted by Gasteiger charge is -2.21. The molecule has 0 radical (unpaired) electrons. The second-order valence-electron chi connectivity index (χ2n) is 7.26. The number of carbonyl (C=O) groups excluding carboxylic acids is 1. The van der Waals surface area contributed by atoms with E-state index >= 15 is 0 Å². The van der Waals surface area contributed by atoms with Crippen LogP contribution < -0.4 is 10.6 Å². The van der Waals surface area contributed by atoms with Crippen molar-refractivity contribution in [3.8, 4) is 0 Å². The zero-order valence-corrected chi connectivity index (χ0v) is 19.6. The molecule has 0 aromatic heterocycles. The zero-order valence-electron chi connectivity index (χ0n) is 18.8. The average Bonchev–Trinajstić information content (AvgIpc) is 2.72. The van der Waals surface area contributed by atoms with Crippen LogP contribution in [0.5, 0.6) is 0 Å². The van der Waals surface area contributed by atoms with E-state index in [1.54, 1.807) is 30.8 Å². The third kappa shape index (κ3) is 11.8. The number of rotatable bonds is 13. The molecule has 1 aromatic carbocycles. The summed E-state index contributed by atoms with van der Waals surface area (Å²) in [6, 6.07) is 10.7. The van der Waals surface area contributed by atoms with Crippen molar-refractivity contribution in [2.45, 2.75) is 44.6 Å². The van der Waals surface area contributed by atoms with Crippen LogP contribution in [0, 0.1) is 0 Å². The number of hydrogen-bond acceptors (Lipinski definition) is 4. The maximum atomic E-state index is 11.9. The minimum atomic E-state index is -0.000975. The number of aliphatic imine (C=N–C) groups is 1. The zero-order chi connectivity index (χ0) is 21.5. The van der Waals surface area contributed by atoms with E-state index in [4.69, 9.17) is 0 Å². The van der Waals surface area contributed by atoms with Gasteiger partial charge in [-0.25, -0.2) is 4.99 Å². The average molecular weight is 422 g/mol. The standard InChI is InChI=1S/C22H39N5OS/c1-6-27(7-2)16-11-12-19(3)25-22(24-18-21(28)26(4)5)23-15-17-29-20-13-9-8-10-14-20/h8-10,13-14,19H,6-7,11-12,15-18H2,1-5H3,(H2,23,24,25). The molecule has 0 spiro atoms. The van der Waals surface area contributed by atoms with E-state index in [0.29, 0.717) is 12.0 Å². The highest BCUT2D eigenvalue weighted by Gasteiger charge is 2.09. The predicted octanol–water partition coefficient (Wildman–Crippen LogP) is 2.91. The van der Waals surface area contributed by atoms with Crippen molar-refractivity contribution in [1.29, 1.82) is 0 Å². The number of benzene rings is 1. The van der Waals surface area contributed by atoms with Crippen LogP contribution >= 0.6 is 11.8 Å². The first-order chi connectivity index (χ1) is 14.0. The third-order valence-corrected chi connectivity index (χ3v) is 5.68. The van der Waals surface area contributed by atoms with Gasteiger partial charge in [0.1, 0.15) is 6.54 Å². The van der Waals surface area contributed by atoms with Crippen LogP contribution in [-0.4, -0.2) is 80.3 Å². The summed E-state index contributed by atoms with van der Waals surface area (Å²) in [6.45, 7) is 10.8. The second kappa shape index (κ2) is 15.2. The first-order valence-corrected chi connectivity index (χ1v) is 11.6. The molecule has 1 rings (SSSR count). The normalized spacial score (nSPS) is 12.7. The van der Waals surface area contributed by atoms with Gasteiger partial charge in [-0.3, -0.25) is 4.79 Å². The molecule has 0 saturated carbocycles. The summed E-state index contributed by atoms with van der Waals surface area (Å²) >= 11 is 1.81. The van der Waals surface area contributed by atoms with Crippen molar-refractivity contribution in [3.63, 3.8) is 0 Å². The maximum Gasteiger partial charge on any atom is 0.243 e. The van der Waals surface area contributed by atoms with Gasteiger partial charge in [0.05, 0.1) is 0 Å². The number of likely N-dealkylation sites (N-methyl/N-ethyl adjacent to an activating group) is 1. The third-order valence-electron chi connectivity index (χ3n) is 4.67. The van der Waals surface area contributed by atoms with Gasteiger partial charge in [0.15, 0.2) is 5.96 Å². The van der Waals surface area contributed by atoms with Crippen molar-refractivity contribution in [3.05, 3.63) is 30.3 Å². The fourth-order valence-electron chi connectivity index (χ4n) is 2.76. The summed E-state index contributed by atoms with van der Waals surface area (Å²) in [6.07, 6.45) is 2.21. The van der Waals surface area contributed by atoms with E-state index in [0.717, 1.165) is 44.8 Å². The molecule has 7 heteroatoms. The van der Waals surface area contributed by atoms with Gasteiger partial charge >= 0.3 is 0 Å². The Morgan fingerprint density at radius 3 is 2.48 bits per heavy atom. The van der Waals surface area contributed by atoms with Crippen molar-refractivity contribution in [2.24, 2.45) is 4.99 Å². The van der Waals surface area contributed by atoms with E-state index in [2.05, 4.69) is 65.6 Å². The summed E-state index contributed by atoms with van der Waals surface area (Å²) in [5.74, 6) is 1.64. The summed E-state index contributed by atoms with van der Waals surface area (Å²) in [5.41, 5.74) is 0. The predicted molar refractivity (Wildman–Crippen MR) is 126 cm³/mol. The number of thioether (sulfide) groups is 1. The van der Waals surface area contributed by atoms with Crippen molar-refractivity contribution < 1.29 is 4.79 Å². The Balaban J connectivity index is 2.49. The highest BCUT2D eigenvalue weighted by Crippen LogP contribution is 2.15. The number of guanidine groups is 1. The first-order valence-electron chi connectivity index (χ1n) is 10.6. The largest absolute Gasteiger partial charge is 0.356 e. The Hall–Kier alpha value is -1.73. The van der Waals surface area contributed by atoms with E-state index < -0.39 is 0 Å². The molecule has 1 aromatic rings. The quantitative estimate of drug-likeness (QED) is 0.222. The monoisotopic (exact) mass is 421 g/mol. The van der Waals surface area contributed by atoms with Gasteiger partial charge in [0.2, 0.25) is 5.91 Å². The van der Waals surface area contributed by atoms with Crippen molar-refractivity contribution in [1.82, 2.24) is 20.4 Å². The van der Waals surface area contributed by atoms with Crippen molar-refractivity contribution in [2.75, 3.05) is 52.6 Å². The molecule has 164 valence electrons. The Kier molecular flexibility index (Phi) is 13.2. The minimum absolute atomic E-state index is 0.000975. The Bertz CT molecular complexity index is 590. The molecule has 0 saturated heterocycles. The van der Waals surface area contributed by atoms with Crippen LogP contribution in [0.3, 0.4) is 0 Å². The van der Waals surface area contributed by atoms with Crippen molar-refractivity contribution >= 4 is 23.6 Å². The highest BCUT2D eigenvalue weighted by molar-refractivity contribution is 7.99. The second-order valence-corrected chi connectivity index (χ2v) is 8.42. The van der Waals surface area contributed by atoms with Crippen LogP contribution in [-0.2, 0) is 4.79 Å². The maximum absolute atomic E-state index is 11.9. The van der Waals surface area contributed by atoms with Crippen LogP contribution in [0.25, 0.3) is 0 Å². The molecule has 1 atom stereocenters. The number of nitrogens with zero attached hydrogens (tertiary/aromatic N) is 3. The van der Waals surface area contributed by atoms with Gasteiger partial charge < -0.3 is 20.4 Å². The molecule has 0 aliphatic rings. The minimum Gasteiger partial charge on any atom is -0.356 e. The van der Waals surface area contributed by atoms with E-state index in [1.165, 1.54) is 4.90 Å². The molecular weight excluding hydrogens is 382 g/mol.